The molecule has 0 amide bonds. The number of hydrazine groups is 1. The van der Waals surface area contributed by atoms with Gasteiger partial charge in [-0.05, 0) is 75.9 Å². The van der Waals surface area contributed by atoms with Crippen LogP contribution in [0, 0.1) is 31.9 Å². The first-order valence-corrected chi connectivity index (χ1v) is 25.9. The summed E-state index contributed by atoms with van der Waals surface area (Å²) in [4.78, 5) is 53.8. The van der Waals surface area contributed by atoms with E-state index in [1.807, 2.05) is 38.5 Å². The van der Waals surface area contributed by atoms with E-state index in [2.05, 4.69) is 35.1 Å². The molecule has 0 N–H and O–H groups in total. The smallest absolute Gasteiger partial charge is 0.351 e. The van der Waals surface area contributed by atoms with Gasteiger partial charge in [0.25, 0.3) is 0 Å². The van der Waals surface area contributed by atoms with Crippen LogP contribution in [0.1, 0.15) is 94.6 Å². The van der Waals surface area contributed by atoms with Crippen molar-refractivity contribution in [3.8, 4) is 0 Å². The zero-order valence-corrected chi connectivity index (χ0v) is 40.4. The molecule has 8 rings (SSSR count). The highest BCUT2D eigenvalue weighted by atomic mass is 32.2. The number of piperidine rings is 2. The van der Waals surface area contributed by atoms with Crippen LogP contribution in [0.5, 0.6) is 0 Å². The van der Waals surface area contributed by atoms with Gasteiger partial charge in [0.1, 0.15) is 35.7 Å². The highest BCUT2D eigenvalue weighted by Crippen LogP contribution is 2.48. The van der Waals surface area contributed by atoms with Gasteiger partial charge in [0.15, 0.2) is 25.5 Å². The zero-order valence-electron chi connectivity index (χ0n) is 38.7. The molecule has 0 unspecified atom stereocenters. The molecule has 27 heteroatoms. The summed E-state index contributed by atoms with van der Waals surface area (Å²) in [5, 5.41) is 32.4. The van der Waals surface area contributed by atoms with Gasteiger partial charge >= 0.3 is 11.4 Å². The number of aromatic nitrogens is 8. The van der Waals surface area contributed by atoms with Gasteiger partial charge in [0, 0.05) is 68.7 Å². The van der Waals surface area contributed by atoms with Gasteiger partial charge in [-0.25, -0.2) is 60.6 Å². The van der Waals surface area contributed by atoms with E-state index in [0.717, 1.165) is 55.1 Å². The largest absolute Gasteiger partial charge is 0.355 e. The molecule has 2 aromatic carbocycles. The predicted molar refractivity (Wildman–Crippen MR) is 250 cm³/mol. The molecule has 6 heterocycles. The maximum atomic E-state index is 17.0. The van der Waals surface area contributed by atoms with Gasteiger partial charge in [-0.3, -0.25) is 20.2 Å². The molecule has 2 aliphatic heterocycles. The van der Waals surface area contributed by atoms with E-state index in [1.165, 1.54) is 0 Å². The van der Waals surface area contributed by atoms with E-state index in [9.17, 15) is 37.1 Å². The molecule has 6 aromatic rings. The monoisotopic (exact) mass is 1010 g/mol. The van der Waals surface area contributed by atoms with E-state index in [-0.39, 0.29) is 61.6 Å². The maximum Gasteiger partial charge on any atom is 0.355 e. The van der Waals surface area contributed by atoms with Gasteiger partial charge < -0.3 is 18.9 Å². The van der Waals surface area contributed by atoms with Crippen molar-refractivity contribution >= 4 is 65.7 Å². The second-order valence-corrected chi connectivity index (χ2v) is 21.7. The summed E-state index contributed by atoms with van der Waals surface area (Å²) < 4.78 is 92.3. The predicted octanol–water partition coefficient (Wildman–Crippen LogP) is 7.11. The third kappa shape index (κ3) is 9.79. The molecule has 0 aliphatic carbocycles. The normalized spacial score (nSPS) is 15.2. The van der Waals surface area contributed by atoms with Gasteiger partial charge in [-0.1, -0.05) is 19.0 Å². The standard InChI is InChI=1S/C43H48F2N14O9S2/c1-25(2)38-51-43(68-52-38)28-13-17-54(18-14-28)40-37(59(62)63)42(49-23-47-40)57(35-10-8-30(20-32(35)45)70(6,66)67)56(34-9-7-29(19-31(34)44)69(5,64)65)41-36(58(60)61)39(46-22-48-41)53-15-11-27(12-16-53)33-21-55(24-50-33)26(3)4/h7-10,19-28H,11-18H2,1-6H3. The van der Waals surface area contributed by atoms with E-state index >= 15 is 8.78 Å². The summed E-state index contributed by atoms with van der Waals surface area (Å²) in [5.41, 5.74) is -2.33. The third-order valence-electron chi connectivity index (χ3n) is 12.2. The number of rotatable bonds is 15. The van der Waals surface area contributed by atoms with Gasteiger partial charge in [-0.2, -0.15) is 4.98 Å². The molecular weight excluding hydrogens is 959 g/mol. The number of hydrogen-bond donors (Lipinski definition) is 0. The summed E-state index contributed by atoms with van der Waals surface area (Å²) in [6.45, 7) is 8.61. The molecule has 0 saturated carbocycles. The molecule has 70 heavy (non-hydrogen) atoms. The molecule has 2 fully saturated rings. The van der Waals surface area contributed by atoms with E-state index in [4.69, 9.17) is 4.52 Å². The molecular formula is C43H48F2N14O9S2. The lowest BCUT2D eigenvalue weighted by Crippen LogP contribution is -2.40. The minimum absolute atomic E-state index is 0.000223. The Labute approximate surface area is 400 Å². The van der Waals surface area contributed by atoms with Crippen LogP contribution in [0.25, 0.3) is 0 Å². The minimum atomic E-state index is -4.08. The Morgan fingerprint density at radius 1 is 0.700 bits per heavy atom. The van der Waals surface area contributed by atoms with Crippen molar-refractivity contribution in [1.82, 2.24) is 39.6 Å². The van der Waals surface area contributed by atoms with Crippen LogP contribution >= 0.6 is 0 Å². The number of nitrogens with zero attached hydrogens (tertiary/aromatic N) is 14. The van der Waals surface area contributed by atoms with Crippen LogP contribution in [-0.2, 0) is 19.7 Å². The molecule has 4 aromatic heterocycles. The second kappa shape index (κ2) is 19.2. The lowest BCUT2D eigenvalue weighted by atomic mass is 9.94. The van der Waals surface area contributed by atoms with Crippen LogP contribution in [0.4, 0.5) is 54.8 Å². The van der Waals surface area contributed by atoms with Crippen molar-refractivity contribution in [2.45, 2.75) is 87.0 Å². The lowest BCUT2D eigenvalue weighted by molar-refractivity contribution is -0.384. The van der Waals surface area contributed by atoms with Crippen molar-refractivity contribution in [1.29, 1.82) is 0 Å². The number of benzene rings is 2. The molecule has 23 nitrogen and oxygen atoms in total. The minimum Gasteiger partial charge on any atom is -0.351 e. The first kappa shape index (κ1) is 49.1. The number of imidazole rings is 1. The quantitative estimate of drug-likeness (QED) is 0.0731. The van der Waals surface area contributed by atoms with Crippen LogP contribution in [0.15, 0.2) is 75.9 Å². The highest BCUT2D eigenvalue weighted by Gasteiger charge is 2.42. The fourth-order valence-electron chi connectivity index (χ4n) is 8.45. The Morgan fingerprint density at radius 2 is 1.16 bits per heavy atom. The summed E-state index contributed by atoms with van der Waals surface area (Å²) in [7, 11) is -8.16. The number of hydrogen-bond acceptors (Lipinski definition) is 20. The summed E-state index contributed by atoms with van der Waals surface area (Å²) in [6, 6.07) is 5.22. The van der Waals surface area contributed by atoms with Crippen molar-refractivity contribution in [2.24, 2.45) is 0 Å². The summed E-state index contributed by atoms with van der Waals surface area (Å²) in [5.74, 6) is -4.07. The van der Waals surface area contributed by atoms with Crippen molar-refractivity contribution < 1.29 is 40.0 Å². The van der Waals surface area contributed by atoms with Crippen LogP contribution < -0.4 is 19.8 Å². The van der Waals surface area contributed by atoms with Gasteiger partial charge in [0.05, 0.1) is 31.7 Å². The third-order valence-corrected chi connectivity index (χ3v) is 14.5. The Bertz CT molecular complexity index is 2980. The Morgan fingerprint density at radius 3 is 1.53 bits per heavy atom. The first-order chi connectivity index (χ1) is 33.1. The molecule has 2 aliphatic rings. The van der Waals surface area contributed by atoms with Crippen molar-refractivity contribution in [3.05, 3.63) is 111 Å². The van der Waals surface area contributed by atoms with Crippen LogP contribution in [0.3, 0.4) is 0 Å². The topological polar surface area (TPSA) is 276 Å². The number of anilines is 6. The molecule has 0 atom stereocenters. The summed E-state index contributed by atoms with van der Waals surface area (Å²) in [6.07, 6.45) is 8.94. The second-order valence-electron chi connectivity index (χ2n) is 17.7. The van der Waals surface area contributed by atoms with Gasteiger partial charge in [0.2, 0.25) is 29.2 Å². The number of nitro groups is 2. The Kier molecular flexibility index (Phi) is 13.5. The number of halogens is 2. The van der Waals surface area contributed by atoms with E-state index < -0.39 is 85.3 Å². The zero-order chi connectivity index (χ0) is 50.4. The van der Waals surface area contributed by atoms with Crippen molar-refractivity contribution in [2.75, 3.05) is 58.5 Å². The molecule has 0 spiro atoms. The molecule has 370 valence electrons. The lowest BCUT2D eigenvalue weighted by Gasteiger charge is -2.37. The molecule has 2 saturated heterocycles. The highest BCUT2D eigenvalue weighted by molar-refractivity contribution is 7.91. The summed E-state index contributed by atoms with van der Waals surface area (Å²) >= 11 is 0. The maximum absolute atomic E-state index is 17.0. The average Bonchev–Trinajstić information content (AvgIpc) is 4.03. The number of sulfone groups is 2. The van der Waals surface area contributed by atoms with Gasteiger partial charge in [-0.15, -0.1) is 0 Å². The SMILES string of the molecule is CC(C)c1noc(C2CCN(c3ncnc(N(c4ccc(S(C)(=O)=O)cc4F)N(c4ccc(S(C)(=O)=O)cc4F)c4ncnc(N5CCC(c6cn(C(C)C)cn6)CC5)c4[N+](=O)[O-])c3[N+](=O)[O-])CC2)n1. The first-order valence-electron chi connectivity index (χ1n) is 22.1. The Balaban J connectivity index is 1.32. The molecule has 0 radical (unpaired) electrons. The van der Waals surface area contributed by atoms with E-state index in [0.29, 0.717) is 59.5 Å². The molecule has 0 bridgehead atoms. The van der Waals surface area contributed by atoms with Crippen LogP contribution in [0.2, 0.25) is 0 Å². The fraction of sp³-hybridized carbons (Fsp3) is 0.419. The fourth-order valence-corrected chi connectivity index (χ4v) is 9.72. The average molecular weight is 1010 g/mol. The van der Waals surface area contributed by atoms with Crippen LogP contribution in [-0.4, -0.2) is 105 Å². The Hall–Kier alpha value is -7.29. The van der Waals surface area contributed by atoms with Crippen molar-refractivity contribution in [3.63, 3.8) is 0 Å². The van der Waals surface area contributed by atoms with E-state index in [1.54, 1.807) is 16.1 Å².